The van der Waals surface area contributed by atoms with Crippen LogP contribution in [0.2, 0.25) is 0 Å². The zero-order chi connectivity index (χ0) is 9.80. The van der Waals surface area contributed by atoms with Crippen LogP contribution in [0.25, 0.3) is 0 Å². The lowest BCUT2D eigenvalue weighted by molar-refractivity contribution is 0.152. The first-order valence-electron chi connectivity index (χ1n) is 5.04. The van der Waals surface area contributed by atoms with Gasteiger partial charge in [0.25, 0.3) is 0 Å². The molecule has 0 spiro atoms. The second-order valence-electron chi connectivity index (χ2n) is 3.64. The molecule has 0 radical (unpaired) electrons. The van der Waals surface area contributed by atoms with Crippen LogP contribution in [0.1, 0.15) is 24.0 Å². The molecule has 0 aromatic heterocycles. The van der Waals surface area contributed by atoms with Gasteiger partial charge in [0.05, 0.1) is 0 Å². The van der Waals surface area contributed by atoms with Crippen LogP contribution in [0.5, 0.6) is 0 Å². The first-order valence-corrected chi connectivity index (χ1v) is 5.04. The highest BCUT2D eigenvalue weighted by molar-refractivity contribution is 5.36. The van der Waals surface area contributed by atoms with Crippen LogP contribution in [-0.2, 0) is 4.74 Å². The van der Waals surface area contributed by atoms with Crippen molar-refractivity contribution in [2.75, 3.05) is 6.61 Å². The van der Waals surface area contributed by atoms with Crippen LogP contribution in [0.4, 0.5) is 0 Å². The van der Waals surface area contributed by atoms with Gasteiger partial charge in [-0.25, -0.2) is 0 Å². The van der Waals surface area contributed by atoms with Crippen LogP contribution in [-0.4, -0.2) is 12.7 Å². The minimum absolute atomic E-state index is 0.163. The van der Waals surface area contributed by atoms with E-state index in [-0.39, 0.29) is 6.10 Å². The minimum atomic E-state index is 0.163. The average Bonchev–Trinajstić information content (AvgIpc) is 2.70. The standard InChI is InChI=1S/C13H14O/c1-11-4-6-12(7-5-11)8-9-13-3-2-10-14-13/h4-7,13H,2-3,10H2,1H3. The molecule has 1 heteroatoms. The number of rotatable bonds is 0. The van der Waals surface area contributed by atoms with E-state index in [0.29, 0.717) is 0 Å². The van der Waals surface area contributed by atoms with Crippen molar-refractivity contribution in [3.8, 4) is 11.8 Å². The maximum absolute atomic E-state index is 5.42. The molecule has 72 valence electrons. The number of hydrogen-bond acceptors (Lipinski definition) is 1. The molecule has 0 amide bonds. The molecule has 2 rings (SSSR count). The summed E-state index contributed by atoms with van der Waals surface area (Å²) in [6, 6.07) is 8.27. The molecule has 14 heavy (non-hydrogen) atoms. The molecule has 0 N–H and O–H groups in total. The zero-order valence-electron chi connectivity index (χ0n) is 8.42. The third-order valence-electron chi connectivity index (χ3n) is 2.36. The van der Waals surface area contributed by atoms with Gasteiger partial charge in [-0.3, -0.25) is 0 Å². The second-order valence-corrected chi connectivity index (χ2v) is 3.64. The molecular formula is C13H14O. The Morgan fingerprint density at radius 3 is 2.71 bits per heavy atom. The van der Waals surface area contributed by atoms with E-state index in [1.54, 1.807) is 0 Å². The second kappa shape index (κ2) is 4.30. The molecule has 1 atom stereocenters. The fraction of sp³-hybridized carbons (Fsp3) is 0.385. The molecule has 1 fully saturated rings. The normalized spacial score (nSPS) is 20.2. The van der Waals surface area contributed by atoms with E-state index >= 15 is 0 Å². The van der Waals surface area contributed by atoms with Gasteiger partial charge in [-0.2, -0.15) is 0 Å². The van der Waals surface area contributed by atoms with Crippen molar-refractivity contribution in [2.24, 2.45) is 0 Å². The van der Waals surface area contributed by atoms with Crippen molar-refractivity contribution in [2.45, 2.75) is 25.9 Å². The lowest BCUT2D eigenvalue weighted by Gasteiger charge is -1.97. The molecule has 1 aromatic rings. The van der Waals surface area contributed by atoms with Gasteiger partial charge in [0, 0.05) is 12.2 Å². The van der Waals surface area contributed by atoms with Crippen LogP contribution < -0.4 is 0 Å². The molecule has 1 nitrogen and oxygen atoms in total. The fourth-order valence-electron chi connectivity index (χ4n) is 1.49. The topological polar surface area (TPSA) is 9.23 Å². The van der Waals surface area contributed by atoms with Crippen molar-refractivity contribution >= 4 is 0 Å². The largest absolute Gasteiger partial charge is 0.366 e. The van der Waals surface area contributed by atoms with Gasteiger partial charge >= 0.3 is 0 Å². The monoisotopic (exact) mass is 186 g/mol. The quantitative estimate of drug-likeness (QED) is 0.566. The Hall–Kier alpha value is -1.26. The highest BCUT2D eigenvalue weighted by Gasteiger charge is 2.11. The molecule has 0 saturated carbocycles. The van der Waals surface area contributed by atoms with Crippen LogP contribution >= 0.6 is 0 Å². The van der Waals surface area contributed by atoms with Gasteiger partial charge in [0.15, 0.2) is 0 Å². The Kier molecular flexibility index (Phi) is 2.86. The van der Waals surface area contributed by atoms with Crippen molar-refractivity contribution in [3.05, 3.63) is 35.4 Å². The summed E-state index contributed by atoms with van der Waals surface area (Å²) in [5.74, 6) is 6.28. The molecule has 0 bridgehead atoms. The maximum atomic E-state index is 5.42. The Labute approximate surface area is 85.1 Å². The maximum Gasteiger partial charge on any atom is 0.118 e. The lowest BCUT2D eigenvalue weighted by Crippen LogP contribution is -1.99. The molecular weight excluding hydrogens is 172 g/mol. The van der Waals surface area contributed by atoms with Crippen molar-refractivity contribution in [1.29, 1.82) is 0 Å². The summed E-state index contributed by atoms with van der Waals surface area (Å²) in [5, 5.41) is 0. The summed E-state index contributed by atoms with van der Waals surface area (Å²) in [5.41, 5.74) is 2.35. The fourth-order valence-corrected chi connectivity index (χ4v) is 1.49. The van der Waals surface area contributed by atoms with Gasteiger partial charge in [-0.1, -0.05) is 29.5 Å². The SMILES string of the molecule is Cc1ccc(C#CC2CCCO2)cc1. The van der Waals surface area contributed by atoms with E-state index in [9.17, 15) is 0 Å². The van der Waals surface area contributed by atoms with Crippen LogP contribution in [0.3, 0.4) is 0 Å². The Morgan fingerprint density at radius 1 is 1.29 bits per heavy atom. The molecule has 1 aliphatic heterocycles. The number of benzene rings is 1. The average molecular weight is 186 g/mol. The van der Waals surface area contributed by atoms with Crippen molar-refractivity contribution in [1.82, 2.24) is 0 Å². The lowest BCUT2D eigenvalue weighted by atomic mass is 10.1. The van der Waals surface area contributed by atoms with Gasteiger partial charge in [0.2, 0.25) is 0 Å². The smallest absolute Gasteiger partial charge is 0.118 e. The van der Waals surface area contributed by atoms with Gasteiger partial charge in [0.1, 0.15) is 6.10 Å². The zero-order valence-corrected chi connectivity index (χ0v) is 8.42. The van der Waals surface area contributed by atoms with E-state index in [2.05, 4.69) is 43.0 Å². The highest BCUT2D eigenvalue weighted by Crippen LogP contribution is 2.10. The third-order valence-corrected chi connectivity index (χ3v) is 2.36. The van der Waals surface area contributed by atoms with Gasteiger partial charge in [-0.05, 0) is 31.9 Å². The summed E-state index contributed by atoms with van der Waals surface area (Å²) in [4.78, 5) is 0. The van der Waals surface area contributed by atoms with E-state index in [0.717, 1.165) is 25.0 Å². The van der Waals surface area contributed by atoms with E-state index < -0.39 is 0 Å². The molecule has 1 heterocycles. The highest BCUT2D eigenvalue weighted by atomic mass is 16.5. The predicted octanol–water partition coefficient (Wildman–Crippen LogP) is 2.53. The predicted molar refractivity (Wildman–Crippen MR) is 57.0 cm³/mol. The summed E-state index contributed by atoms with van der Waals surface area (Å²) < 4.78 is 5.42. The Balaban J connectivity index is 2.05. The molecule has 1 aliphatic rings. The molecule has 1 unspecified atom stereocenters. The van der Waals surface area contributed by atoms with E-state index in [4.69, 9.17) is 4.74 Å². The van der Waals surface area contributed by atoms with Gasteiger partial charge < -0.3 is 4.74 Å². The molecule has 0 aliphatic carbocycles. The number of ether oxygens (including phenoxy) is 1. The first-order chi connectivity index (χ1) is 6.84. The van der Waals surface area contributed by atoms with Gasteiger partial charge in [-0.15, -0.1) is 0 Å². The van der Waals surface area contributed by atoms with E-state index in [1.807, 2.05) is 0 Å². The minimum Gasteiger partial charge on any atom is -0.366 e. The van der Waals surface area contributed by atoms with Crippen LogP contribution in [0, 0.1) is 18.8 Å². The van der Waals surface area contributed by atoms with Crippen molar-refractivity contribution in [3.63, 3.8) is 0 Å². The summed E-state index contributed by atoms with van der Waals surface area (Å²) in [6.45, 7) is 2.95. The first kappa shape index (κ1) is 9.30. The molecule has 1 saturated heterocycles. The van der Waals surface area contributed by atoms with E-state index in [1.165, 1.54) is 5.56 Å². The van der Waals surface area contributed by atoms with Crippen molar-refractivity contribution < 1.29 is 4.74 Å². The van der Waals surface area contributed by atoms with Crippen LogP contribution in [0.15, 0.2) is 24.3 Å². The summed E-state index contributed by atoms with van der Waals surface area (Å²) in [6.07, 6.45) is 2.39. The summed E-state index contributed by atoms with van der Waals surface area (Å²) in [7, 11) is 0. The summed E-state index contributed by atoms with van der Waals surface area (Å²) >= 11 is 0. The Bertz CT molecular complexity index is 347. The number of aryl methyl sites for hydroxylation is 1. The third kappa shape index (κ3) is 2.37. The molecule has 1 aromatic carbocycles. The number of hydrogen-bond donors (Lipinski definition) is 0. The Morgan fingerprint density at radius 2 is 2.07 bits per heavy atom.